The van der Waals surface area contributed by atoms with E-state index in [1.807, 2.05) is 0 Å². The molecule has 4 heteroatoms. The summed E-state index contributed by atoms with van der Waals surface area (Å²) in [5.41, 5.74) is -1.58. The second kappa shape index (κ2) is 4.89. The minimum atomic E-state index is -1.51. The highest BCUT2D eigenvalue weighted by atomic mass is 19.1. The van der Waals surface area contributed by atoms with Crippen molar-refractivity contribution in [2.24, 2.45) is 5.92 Å². The molecule has 0 saturated heterocycles. The van der Waals surface area contributed by atoms with Gasteiger partial charge in [0.15, 0.2) is 0 Å². The molecule has 16 heavy (non-hydrogen) atoms. The van der Waals surface area contributed by atoms with E-state index in [1.165, 1.54) is 7.11 Å². The van der Waals surface area contributed by atoms with E-state index in [9.17, 15) is 13.9 Å². The predicted octanol–water partition coefficient (Wildman–Crippen LogP) is 2.45. The van der Waals surface area contributed by atoms with Crippen LogP contribution in [0.5, 0.6) is 0 Å². The van der Waals surface area contributed by atoms with Crippen LogP contribution in [0.1, 0.15) is 19.4 Å². The van der Waals surface area contributed by atoms with Crippen molar-refractivity contribution in [1.82, 2.24) is 0 Å². The van der Waals surface area contributed by atoms with Crippen molar-refractivity contribution in [2.45, 2.75) is 19.4 Å². The Bertz CT molecular complexity index is 366. The van der Waals surface area contributed by atoms with Crippen molar-refractivity contribution in [1.29, 1.82) is 0 Å². The Kier molecular flexibility index (Phi) is 3.99. The fourth-order valence-electron chi connectivity index (χ4n) is 1.60. The van der Waals surface area contributed by atoms with E-state index >= 15 is 0 Å². The number of hydrogen-bond acceptors (Lipinski definition) is 2. The van der Waals surface area contributed by atoms with Gasteiger partial charge in [-0.2, -0.15) is 0 Å². The number of ether oxygens (including phenoxy) is 1. The Morgan fingerprint density at radius 1 is 1.38 bits per heavy atom. The van der Waals surface area contributed by atoms with Gasteiger partial charge in [-0.1, -0.05) is 13.8 Å². The van der Waals surface area contributed by atoms with Gasteiger partial charge in [0.2, 0.25) is 0 Å². The van der Waals surface area contributed by atoms with Gasteiger partial charge in [0.1, 0.15) is 17.2 Å². The molecule has 90 valence electrons. The van der Waals surface area contributed by atoms with Crippen LogP contribution in [-0.2, 0) is 10.3 Å². The zero-order valence-corrected chi connectivity index (χ0v) is 9.63. The largest absolute Gasteiger partial charge is 0.382 e. The maximum Gasteiger partial charge on any atom is 0.129 e. The van der Waals surface area contributed by atoms with Crippen LogP contribution < -0.4 is 0 Å². The lowest BCUT2D eigenvalue weighted by Gasteiger charge is -2.32. The highest BCUT2D eigenvalue weighted by Crippen LogP contribution is 2.32. The molecule has 0 aromatic heterocycles. The summed E-state index contributed by atoms with van der Waals surface area (Å²) in [5, 5.41) is 10.3. The summed E-state index contributed by atoms with van der Waals surface area (Å²) in [6.07, 6.45) is 0. The fraction of sp³-hybridized carbons (Fsp3) is 0.500. The zero-order chi connectivity index (χ0) is 12.3. The number of methoxy groups -OCH3 is 1. The minimum absolute atomic E-state index is 0.0654. The SMILES string of the molecule is COCC(O)(c1cc(F)ccc1F)C(C)C. The molecule has 0 heterocycles. The van der Waals surface area contributed by atoms with Gasteiger partial charge in [0, 0.05) is 12.7 Å². The molecule has 0 bridgehead atoms. The van der Waals surface area contributed by atoms with E-state index in [0.29, 0.717) is 0 Å². The van der Waals surface area contributed by atoms with Crippen molar-refractivity contribution in [3.8, 4) is 0 Å². The highest BCUT2D eigenvalue weighted by molar-refractivity contribution is 5.26. The summed E-state index contributed by atoms with van der Waals surface area (Å²) >= 11 is 0. The van der Waals surface area contributed by atoms with Gasteiger partial charge in [0.25, 0.3) is 0 Å². The van der Waals surface area contributed by atoms with E-state index in [-0.39, 0.29) is 18.1 Å². The summed E-state index contributed by atoms with van der Waals surface area (Å²) in [4.78, 5) is 0. The molecule has 0 aliphatic heterocycles. The van der Waals surface area contributed by atoms with E-state index in [0.717, 1.165) is 18.2 Å². The lowest BCUT2D eigenvalue weighted by atomic mass is 9.83. The molecular formula is C12H16F2O2. The number of hydrogen-bond donors (Lipinski definition) is 1. The van der Waals surface area contributed by atoms with Crippen LogP contribution in [-0.4, -0.2) is 18.8 Å². The van der Waals surface area contributed by atoms with Crippen LogP contribution >= 0.6 is 0 Å². The maximum atomic E-state index is 13.6. The third-order valence-corrected chi connectivity index (χ3v) is 2.71. The normalized spacial score (nSPS) is 15.2. The Morgan fingerprint density at radius 3 is 2.50 bits per heavy atom. The number of aliphatic hydroxyl groups is 1. The van der Waals surface area contributed by atoms with Crippen LogP contribution in [0.2, 0.25) is 0 Å². The molecular weight excluding hydrogens is 214 g/mol. The van der Waals surface area contributed by atoms with Crippen LogP contribution in [0.15, 0.2) is 18.2 Å². The Balaban J connectivity index is 3.25. The first-order valence-electron chi connectivity index (χ1n) is 5.08. The molecule has 0 fully saturated rings. The maximum absolute atomic E-state index is 13.6. The molecule has 2 nitrogen and oxygen atoms in total. The lowest BCUT2D eigenvalue weighted by Crippen LogP contribution is -2.38. The average Bonchev–Trinajstić information content (AvgIpc) is 2.21. The quantitative estimate of drug-likeness (QED) is 0.861. The molecule has 1 atom stereocenters. The van der Waals surface area contributed by atoms with Gasteiger partial charge in [0.05, 0.1) is 6.61 Å². The Morgan fingerprint density at radius 2 is 2.00 bits per heavy atom. The Hall–Kier alpha value is -1.00. The summed E-state index contributed by atoms with van der Waals surface area (Å²) in [7, 11) is 1.41. The highest BCUT2D eigenvalue weighted by Gasteiger charge is 2.36. The van der Waals surface area contributed by atoms with Crippen molar-refractivity contribution >= 4 is 0 Å². The summed E-state index contributed by atoms with van der Waals surface area (Å²) in [6.45, 7) is 3.37. The first kappa shape index (κ1) is 13.1. The van der Waals surface area contributed by atoms with E-state index < -0.39 is 17.2 Å². The van der Waals surface area contributed by atoms with Crippen LogP contribution in [0.3, 0.4) is 0 Å². The molecule has 1 N–H and O–H groups in total. The zero-order valence-electron chi connectivity index (χ0n) is 9.63. The van der Waals surface area contributed by atoms with Crippen molar-refractivity contribution in [3.05, 3.63) is 35.4 Å². The average molecular weight is 230 g/mol. The minimum Gasteiger partial charge on any atom is -0.382 e. The number of rotatable bonds is 4. The van der Waals surface area contributed by atoms with E-state index in [4.69, 9.17) is 4.74 Å². The molecule has 1 aromatic rings. The van der Waals surface area contributed by atoms with Gasteiger partial charge < -0.3 is 9.84 Å². The molecule has 1 unspecified atom stereocenters. The van der Waals surface area contributed by atoms with Crippen LogP contribution in [0, 0.1) is 17.6 Å². The molecule has 0 amide bonds. The number of halogens is 2. The first-order chi connectivity index (χ1) is 7.41. The van der Waals surface area contributed by atoms with Gasteiger partial charge in [-0.25, -0.2) is 8.78 Å². The molecule has 0 saturated carbocycles. The first-order valence-corrected chi connectivity index (χ1v) is 5.08. The van der Waals surface area contributed by atoms with Crippen LogP contribution in [0.4, 0.5) is 8.78 Å². The molecule has 0 aliphatic carbocycles. The molecule has 1 aromatic carbocycles. The summed E-state index contributed by atoms with van der Waals surface area (Å²) in [6, 6.07) is 3.04. The van der Waals surface area contributed by atoms with E-state index in [2.05, 4.69) is 0 Å². The second-order valence-electron chi connectivity index (χ2n) is 4.14. The third-order valence-electron chi connectivity index (χ3n) is 2.71. The van der Waals surface area contributed by atoms with Gasteiger partial charge in [-0.15, -0.1) is 0 Å². The molecule has 0 radical (unpaired) electrons. The monoisotopic (exact) mass is 230 g/mol. The summed E-state index contributed by atoms with van der Waals surface area (Å²) in [5.74, 6) is -1.50. The lowest BCUT2D eigenvalue weighted by molar-refractivity contribution is -0.0724. The van der Waals surface area contributed by atoms with Crippen molar-refractivity contribution < 1.29 is 18.6 Å². The van der Waals surface area contributed by atoms with Gasteiger partial charge in [-0.3, -0.25) is 0 Å². The second-order valence-corrected chi connectivity index (χ2v) is 4.14. The van der Waals surface area contributed by atoms with Crippen molar-refractivity contribution in [3.63, 3.8) is 0 Å². The third kappa shape index (κ3) is 2.39. The fourth-order valence-corrected chi connectivity index (χ4v) is 1.60. The van der Waals surface area contributed by atoms with Crippen LogP contribution in [0.25, 0.3) is 0 Å². The standard InChI is InChI=1S/C12H16F2O2/c1-8(2)12(15,7-16-3)10-6-9(13)4-5-11(10)14/h4-6,8,15H,7H2,1-3H3. The van der Waals surface area contributed by atoms with Crippen molar-refractivity contribution in [2.75, 3.05) is 13.7 Å². The number of benzene rings is 1. The topological polar surface area (TPSA) is 29.5 Å². The predicted molar refractivity (Wildman–Crippen MR) is 57.0 cm³/mol. The van der Waals surface area contributed by atoms with E-state index in [1.54, 1.807) is 13.8 Å². The summed E-state index contributed by atoms with van der Waals surface area (Å²) < 4.78 is 31.5. The van der Waals surface area contributed by atoms with Gasteiger partial charge in [-0.05, 0) is 24.1 Å². The Labute approximate surface area is 93.9 Å². The van der Waals surface area contributed by atoms with Gasteiger partial charge >= 0.3 is 0 Å². The smallest absolute Gasteiger partial charge is 0.129 e. The molecule has 1 rings (SSSR count). The molecule has 0 spiro atoms. The molecule has 0 aliphatic rings.